The highest BCUT2D eigenvalue weighted by molar-refractivity contribution is 4.61. The SMILES string of the molecule is CCCCCCCCC[CH]NCCCC. The lowest BCUT2D eigenvalue weighted by atomic mass is 10.1. The van der Waals surface area contributed by atoms with Gasteiger partial charge in [-0.25, -0.2) is 0 Å². The molecule has 0 aliphatic rings. The number of hydrogen-bond acceptors (Lipinski definition) is 1. The second kappa shape index (κ2) is 14.0. The molecule has 0 heterocycles. The quantitative estimate of drug-likeness (QED) is 0.463. The molecule has 0 aromatic carbocycles. The summed E-state index contributed by atoms with van der Waals surface area (Å²) in [6.45, 7) is 7.92. The van der Waals surface area contributed by atoms with Crippen LogP contribution in [0.4, 0.5) is 0 Å². The summed E-state index contributed by atoms with van der Waals surface area (Å²) in [6, 6.07) is 0. The minimum atomic E-state index is 1.16. The molecular formula is C14H30N. The number of hydrogen-bond donors (Lipinski definition) is 1. The standard InChI is InChI=1S/C14H30N/c1-3-5-7-8-9-10-11-12-14-15-13-6-4-2/h14-15H,3-13H2,1-2H3. The highest BCUT2D eigenvalue weighted by Crippen LogP contribution is 2.08. The maximum atomic E-state index is 3.37. The predicted molar refractivity (Wildman–Crippen MR) is 69.8 cm³/mol. The summed E-state index contributed by atoms with van der Waals surface area (Å²) in [6.07, 6.45) is 13.7. The van der Waals surface area contributed by atoms with Crippen molar-refractivity contribution < 1.29 is 0 Å². The third-order valence-corrected chi connectivity index (χ3v) is 2.77. The molecule has 0 aliphatic carbocycles. The number of rotatable bonds is 12. The molecule has 0 aromatic rings. The molecule has 0 spiro atoms. The van der Waals surface area contributed by atoms with Gasteiger partial charge in [-0.05, 0) is 19.4 Å². The van der Waals surface area contributed by atoms with Crippen LogP contribution in [0.5, 0.6) is 0 Å². The van der Waals surface area contributed by atoms with Crippen LogP contribution in [0.3, 0.4) is 0 Å². The Morgan fingerprint density at radius 1 is 0.733 bits per heavy atom. The Labute approximate surface area is 97.0 Å². The third kappa shape index (κ3) is 14.0. The predicted octanol–water partition coefficient (Wildman–Crippen LogP) is 4.68. The van der Waals surface area contributed by atoms with Crippen LogP contribution in [-0.2, 0) is 0 Å². The first-order valence-electron chi connectivity index (χ1n) is 6.96. The van der Waals surface area contributed by atoms with Crippen LogP contribution in [0, 0.1) is 6.54 Å². The Morgan fingerprint density at radius 3 is 2.00 bits per heavy atom. The maximum absolute atomic E-state index is 3.37. The molecule has 15 heavy (non-hydrogen) atoms. The van der Waals surface area contributed by atoms with Gasteiger partial charge in [0.05, 0.1) is 0 Å². The van der Waals surface area contributed by atoms with Gasteiger partial charge < -0.3 is 5.32 Å². The first-order chi connectivity index (χ1) is 7.41. The molecule has 0 saturated heterocycles. The van der Waals surface area contributed by atoms with E-state index in [2.05, 4.69) is 25.7 Å². The summed E-state index contributed by atoms with van der Waals surface area (Å²) in [4.78, 5) is 0. The molecule has 0 rings (SSSR count). The van der Waals surface area contributed by atoms with E-state index in [0.29, 0.717) is 0 Å². The molecule has 91 valence electrons. The lowest BCUT2D eigenvalue weighted by Crippen LogP contribution is -2.10. The molecule has 0 bridgehead atoms. The lowest BCUT2D eigenvalue weighted by Gasteiger charge is -2.03. The molecule has 0 unspecified atom stereocenters. The topological polar surface area (TPSA) is 12.0 Å². The van der Waals surface area contributed by atoms with Crippen molar-refractivity contribution in [2.45, 2.75) is 78.1 Å². The fourth-order valence-corrected chi connectivity index (χ4v) is 1.69. The van der Waals surface area contributed by atoms with Crippen molar-refractivity contribution in [1.82, 2.24) is 5.32 Å². The van der Waals surface area contributed by atoms with Crippen molar-refractivity contribution >= 4 is 0 Å². The van der Waals surface area contributed by atoms with Gasteiger partial charge in [-0.1, -0.05) is 65.2 Å². The monoisotopic (exact) mass is 212 g/mol. The van der Waals surface area contributed by atoms with Gasteiger partial charge in [-0.3, -0.25) is 0 Å². The molecule has 1 radical (unpaired) electrons. The second-order valence-electron chi connectivity index (χ2n) is 4.42. The van der Waals surface area contributed by atoms with Gasteiger partial charge >= 0.3 is 0 Å². The van der Waals surface area contributed by atoms with Crippen LogP contribution in [0.1, 0.15) is 78.1 Å². The zero-order valence-corrected chi connectivity index (χ0v) is 10.9. The molecule has 0 saturated carbocycles. The van der Waals surface area contributed by atoms with Gasteiger partial charge in [0.2, 0.25) is 0 Å². The molecule has 0 atom stereocenters. The van der Waals surface area contributed by atoms with Crippen LogP contribution in [0.15, 0.2) is 0 Å². The molecule has 0 fully saturated rings. The van der Waals surface area contributed by atoms with E-state index in [1.807, 2.05) is 0 Å². The Hall–Kier alpha value is -0.0400. The van der Waals surface area contributed by atoms with E-state index in [4.69, 9.17) is 0 Å². The second-order valence-corrected chi connectivity index (χ2v) is 4.42. The zero-order chi connectivity index (χ0) is 11.2. The Morgan fingerprint density at radius 2 is 1.33 bits per heavy atom. The molecule has 1 nitrogen and oxygen atoms in total. The molecular weight excluding hydrogens is 182 g/mol. The van der Waals surface area contributed by atoms with E-state index >= 15 is 0 Å². The summed E-state index contributed by atoms with van der Waals surface area (Å²) in [5.41, 5.74) is 0. The Kier molecular flexibility index (Phi) is 13.9. The third-order valence-electron chi connectivity index (χ3n) is 2.77. The average Bonchev–Trinajstić information content (AvgIpc) is 2.26. The molecule has 0 aliphatic heterocycles. The summed E-state index contributed by atoms with van der Waals surface area (Å²) in [5, 5.41) is 3.37. The van der Waals surface area contributed by atoms with E-state index in [1.165, 1.54) is 64.2 Å². The van der Waals surface area contributed by atoms with Crippen LogP contribution >= 0.6 is 0 Å². The van der Waals surface area contributed by atoms with Gasteiger partial charge in [0.25, 0.3) is 0 Å². The van der Waals surface area contributed by atoms with Gasteiger partial charge in [-0.2, -0.15) is 0 Å². The normalized spacial score (nSPS) is 10.8. The van der Waals surface area contributed by atoms with E-state index in [0.717, 1.165) is 6.54 Å². The highest BCUT2D eigenvalue weighted by atomic mass is 14.8. The summed E-state index contributed by atoms with van der Waals surface area (Å²) < 4.78 is 0. The van der Waals surface area contributed by atoms with Crippen molar-refractivity contribution in [2.75, 3.05) is 6.54 Å². The van der Waals surface area contributed by atoms with Gasteiger partial charge in [-0.15, -0.1) is 0 Å². The van der Waals surface area contributed by atoms with E-state index in [9.17, 15) is 0 Å². The Balaban J connectivity index is 2.81. The summed E-state index contributed by atoms with van der Waals surface area (Å²) in [7, 11) is 0. The average molecular weight is 212 g/mol. The first kappa shape index (κ1) is 15.0. The highest BCUT2D eigenvalue weighted by Gasteiger charge is 1.91. The van der Waals surface area contributed by atoms with Crippen LogP contribution < -0.4 is 5.32 Å². The molecule has 0 aromatic heterocycles. The van der Waals surface area contributed by atoms with Crippen LogP contribution in [0.2, 0.25) is 0 Å². The van der Waals surface area contributed by atoms with Crippen molar-refractivity contribution in [3.8, 4) is 0 Å². The van der Waals surface area contributed by atoms with Crippen molar-refractivity contribution in [1.29, 1.82) is 0 Å². The molecule has 1 heteroatoms. The first-order valence-corrected chi connectivity index (χ1v) is 6.96. The summed E-state index contributed by atoms with van der Waals surface area (Å²) >= 11 is 0. The maximum Gasteiger partial charge on any atom is 0.0221 e. The van der Waals surface area contributed by atoms with Gasteiger partial charge in [0.1, 0.15) is 0 Å². The van der Waals surface area contributed by atoms with Crippen molar-refractivity contribution in [2.24, 2.45) is 0 Å². The Bertz CT molecular complexity index is 89.5. The number of nitrogens with one attached hydrogen (secondary N) is 1. The molecule has 1 N–H and O–H groups in total. The van der Waals surface area contributed by atoms with E-state index in [1.54, 1.807) is 0 Å². The number of unbranched alkanes of at least 4 members (excludes halogenated alkanes) is 8. The lowest BCUT2D eigenvalue weighted by molar-refractivity contribution is 0.576. The fourth-order valence-electron chi connectivity index (χ4n) is 1.69. The largest absolute Gasteiger partial charge is 0.312 e. The van der Waals surface area contributed by atoms with Gasteiger partial charge in [0.15, 0.2) is 0 Å². The molecule has 0 amide bonds. The van der Waals surface area contributed by atoms with Gasteiger partial charge in [0, 0.05) is 6.54 Å². The summed E-state index contributed by atoms with van der Waals surface area (Å²) in [5.74, 6) is 0. The minimum absolute atomic E-state index is 1.16. The van der Waals surface area contributed by atoms with Crippen LogP contribution in [0.25, 0.3) is 0 Å². The van der Waals surface area contributed by atoms with Crippen molar-refractivity contribution in [3.63, 3.8) is 0 Å². The van der Waals surface area contributed by atoms with Crippen molar-refractivity contribution in [3.05, 3.63) is 6.54 Å². The minimum Gasteiger partial charge on any atom is -0.312 e. The van der Waals surface area contributed by atoms with Crippen LogP contribution in [-0.4, -0.2) is 6.54 Å². The fraction of sp³-hybridized carbons (Fsp3) is 0.929. The van der Waals surface area contributed by atoms with E-state index < -0.39 is 0 Å². The van der Waals surface area contributed by atoms with E-state index in [-0.39, 0.29) is 0 Å². The smallest absolute Gasteiger partial charge is 0.0221 e. The zero-order valence-electron chi connectivity index (χ0n) is 10.9.